The van der Waals surface area contributed by atoms with Crippen molar-refractivity contribution in [3.05, 3.63) is 58.7 Å². The Labute approximate surface area is 156 Å². The number of aryl methyl sites for hydroxylation is 1. The number of rotatable bonds is 4. The molecule has 0 fully saturated rings. The standard InChI is InChI=1S/C16H11ClN6O2S/c1-9-7-26-16(21-9)22-15(24)13-3-12(6-23-14(13)19-8-20-23)25-11-2-10(17)4-18-5-11/h2-8H,1H3,(H,21,22,24). The number of thiazole rings is 1. The van der Waals surface area contributed by atoms with Gasteiger partial charge in [-0.15, -0.1) is 11.3 Å². The number of nitrogens with one attached hydrogen (secondary N) is 1. The Morgan fingerprint density at radius 2 is 2.19 bits per heavy atom. The van der Waals surface area contributed by atoms with Gasteiger partial charge in [0.25, 0.3) is 5.91 Å². The number of amides is 1. The van der Waals surface area contributed by atoms with Gasteiger partial charge in [-0.25, -0.2) is 14.5 Å². The van der Waals surface area contributed by atoms with Gasteiger partial charge in [0.05, 0.1) is 28.7 Å². The van der Waals surface area contributed by atoms with Crippen LogP contribution in [0.15, 0.2) is 42.4 Å². The van der Waals surface area contributed by atoms with Crippen molar-refractivity contribution in [3.8, 4) is 11.5 Å². The number of halogens is 1. The molecule has 0 unspecified atom stereocenters. The minimum Gasteiger partial charge on any atom is -0.454 e. The number of hydrogen-bond donors (Lipinski definition) is 1. The van der Waals surface area contributed by atoms with Crippen LogP contribution in [0.4, 0.5) is 5.13 Å². The van der Waals surface area contributed by atoms with Gasteiger partial charge in [0.1, 0.15) is 17.8 Å². The molecule has 0 aliphatic rings. The fourth-order valence-electron chi connectivity index (χ4n) is 2.29. The van der Waals surface area contributed by atoms with Crippen LogP contribution < -0.4 is 10.1 Å². The van der Waals surface area contributed by atoms with E-state index in [9.17, 15) is 4.79 Å². The first-order chi connectivity index (χ1) is 12.6. The van der Waals surface area contributed by atoms with Gasteiger partial charge >= 0.3 is 0 Å². The Kier molecular flexibility index (Phi) is 4.23. The zero-order valence-corrected chi connectivity index (χ0v) is 15.0. The van der Waals surface area contributed by atoms with Crippen molar-refractivity contribution in [2.24, 2.45) is 0 Å². The number of ether oxygens (including phenoxy) is 1. The molecule has 10 heteroatoms. The average molecular weight is 387 g/mol. The van der Waals surface area contributed by atoms with E-state index in [1.54, 1.807) is 18.3 Å². The number of carbonyl (C=O) groups excluding carboxylic acids is 1. The lowest BCUT2D eigenvalue weighted by Crippen LogP contribution is -2.14. The van der Waals surface area contributed by atoms with E-state index in [1.807, 2.05) is 12.3 Å². The topological polar surface area (TPSA) is 94.3 Å². The summed E-state index contributed by atoms with van der Waals surface area (Å²) in [6, 6.07) is 3.21. The highest BCUT2D eigenvalue weighted by Gasteiger charge is 2.16. The maximum absolute atomic E-state index is 12.7. The fraction of sp³-hybridized carbons (Fsp3) is 0.0625. The monoisotopic (exact) mass is 386 g/mol. The Morgan fingerprint density at radius 3 is 2.96 bits per heavy atom. The van der Waals surface area contributed by atoms with Crippen LogP contribution in [0.3, 0.4) is 0 Å². The summed E-state index contributed by atoms with van der Waals surface area (Å²) in [5.74, 6) is 0.485. The van der Waals surface area contributed by atoms with Gasteiger partial charge in [-0.3, -0.25) is 15.1 Å². The molecule has 8 nitrogen and oxygen atoms in total. The minimum absolute atomic E-state index is 0.308. The van der Waals surface area contributed by atoms with Gasteiger partial charge in [-0.05, 0) is 13.0 Å². The van der Waals surface area contributed by atoms with E-state index >= 15 is 0 Å². The van der Waals surface area contributed by atoms with Crippen molar-refractivity contribution in [1.82, 2.24) is 24.6 Å². The number of aromatic nitrogens is 5. The first-order valence-electron chi connectivity index (χ1n) is 7.44. The molecule has 0 radical (unpaired) electrons. The Morgan fingerprint density at radius 1 is 1.31 bits per heavy atom. The molecule has 0 saturated carbocycles. The lowest BCUT2D eigenvalue weighted by Gasteiger charge is -2.09. The third-order valence-corrected chi connectivity index (χ3v) is 4.43. The van der Waals surface area contributed by atoms with Crippen LogP contribution in [0.5, 0.6) is 11.5 Å². The first kappa shape index (κ1) is 16.4. The molecule has 0 aliphatic heterocycles. The molecule has 130 valence electrons. The largest absolute Gasteiger partial charge is 0.454 e. The second-order valence-corrected chi connectivity index (χ2v) is 6.60. The molecular weight excluding hydrogens is 376 g/mol. The van der Waals surface area contributed by atoms with Gasteiger partial charge in [-0.1, -0.05) is 11.6 Å². The van der Waals surface area contributed by atoms with E-state index in [-0.39, 0.29) is 5.91 Å². The van der Waals surface area contributed by atoms with E-state index in [0.717, 1.165) is 5.69 Å². The number of hydrogen-bond acceptors (Lipinski definition) is 7. The molecule has 0 aromatic carbocycles. The molecule has 4 aromatic rings. The fourth-order valence-corrected chi connectivity index (χ4v) is 3.13. The van der Waals surface area contributed by atoms with Crippen LogP contribution in [0.2, 0.25) is 5.02 Å². The molecule has 1 N–H and O–H groups in total. The van der Waals surface area contributed by atoms with Crippen LogP contribution in [0, 0.1) is 6.92 Å². The van der Waals surface area contributed by atoms with Crippen LogP contribution in [0.1, 0.15) is 16.1 Å². The van der Waals surface area contributed by atoms with E-state index in [2.05, 4.69) is 25.4 Å². The minimum atomic E-state index is -0.355. The summed E-state index contributed by atoms with van der Waals surface area (Å²) >= 11 is 7.27. The van der Waals surface area contributed by atoms with Crippen molar-refractivity contribution in [2.75, 3.05) is 5.32 Å². The van der Waals surface area contributed by atoms with Gasteiger partial charge < -0.3 is 4.74 Å². The van der Waals surface area contributed by atoms with Crippen molar-refractivity contribution >= 4 is 39.6 Å². The normalized spacial score (nSPS) is 10.8. The Balaban J connectivity index is 1.69. The van der Waals surface area contributed by atoms with Crippen LogP contribution in [0.25, 0.3) is 5.65 Å². The molecule has 4 rings (SSSR count). The van der Waals surface area contributed by atoms with Gasteiger partial charge in [0.2, 0.25) is 0 Å². The van der Waals surface area contributed by atoms with E-state index < -0.39 is 0 Å². The first-order valence-corrected chi connectivity index (χ1v) is 8.69. The maximum Gasteiger partial charge on any atom is 0.261 e. The summed E-state index contributed by atoms with van der Waals surface area (Å²) in [6.07, 6.45) is 6.01. The summed E-state index contributed by atoms with van der Waals surface area (Å²) in [4.78, 5) is 25.0. The lowest BCUT2D eigenvalue weighted by molar-refractivity contribution is 0.102. The van der Waals surface area contributed by atoms with E-state index in [0.29, 0.717) is 32.9 Å². The highest BCUT2D eigenvalue weighted by Crippen LogP contribution is 2.26. The van der Waals surface area contributed by atoms with Crippen LogP contribution in [-0.2, 0) is 0 Å². The van der Waals surface area contributed by atoms with E-state index in [1.165, 1.54) is 34.6 Å². The third-order valence-electron chi connectivity index (χ3n) is 3.35. The number of pyridine rings is 2. The molecule has 0 atom stereocenters. The molecular formula is C16H11ClN6O2S. The van der Waals surface area contributed by atoms with Gasteiger partial charge in [0.15, 0.2) is 10.8 Å². The molecule has 0 saturated heterocycles. The maximum atomic E-state index is 12.7. The summed E-state index contributed by atoms with van der Waals surface area (Å²) in [7, 11) is 0. The zero-order valence-electron chi connectivity index (χ0n) is 13.4. The predicted molar refractivity (Wildman–Crippen MR) is 97.1 cm³/mol. The molecule has 4 heterocycles. The lowest BCUT2D eigenvalue weighted by atomic mass is 10.2. The van der Waals surface area contributed by atoms with E-state index in [4.69, 9.17) is 16.3 Å². The highest BCUT2D eigenvalue weighted by molar-refractivity contribution is 7.13. The average Bonchev–Trinajstić information content (AvgIpc) is 3.23. The number of fused-ring (bicyclic) bond motifs is 1. The summed E-state index contributed by atoms with van der Waals surface area (Å²) in [6.45, 7) is 1.86. The number of nitrogens with zero attached hydrogens (tertiary/aromatic N) is 5. The SMILES string of the molecule is Cc1csc(NC(=O)c2cc(Oc3cncc(Cl)c3)cn3ncnc23)n1. The summed E-state index contributed by atoms with van der Waals surface area (Å²) in [5.41, 5.74) is 1.55. The third kappa shape index (κ3) is 3.35. The van der Waals surface area contributed by atoms with Gasteiger partial charge in [0, 0.05) is 17.6 Å². The quantitative estimate of drug-likeness (QED) is 0.576. The van der Waals surface area contributed by atoms with Crippen molar-refractivity contribution in [1.29, 1.82) is 0 Å². The van der Waals surface area contributed by atoms with Gasteiger partial charge in [-0.2, -0.15) is 5.10 Å². The van der Waals surface area contributed by atoms with Crippen molar-refractivity contribution in [2.45, 2.75) is 6.92 Å². The number of carbonyl (C=O) groups is 1. The summed E-state index contributed by atoms with van der Waals surface area (Å²) < 4.78 is 7.22. The molecule has 1 amide bonds. The molecule has 4 aromatic heterocycles. The smallest absolute Gasteiger partial charge is 0.261 e. The predicted octanol–water partition coefficient (Wildman–Crippen LogP) is 3.59. The molecule has 26 heavy (non-hydrogen) atoms. The Bertz CT molecular complexity index is 1110. The second-order valence-electron chi connectivity index (χ2n) is 5.31. The van der Waals surface area contributed by atoms with Crippen LogP contribution >= 0.6 is 22.9 Å². The van der Waals surface area contributed by atoms with Crippen LogP contribution in [-0.4, -0.2) is 30.5 Å². The second kappa shape index (κ2) is 6.70. The molecule has 0 spiro atoms. The zero-order chi connectivity index (χ0) is 18.1. The van der Waals surface area contributed by atoms with Crippen molar-refractivity contribution < 1.29 is 9.53 Å². The van der Waals surface area contributed by atoms with Crippen molar-refractivity contribution in [3.63, 3.8) is 0 Å². The number of anilines is 1. The molecule has 0 aliphatic carbocycles. The summed E-state index contributed by atoms with van der Waals surface area (Å²) in [5, 5.41) is 9.65. The Hall–Kier alpha value is -3.04. The highest BCUT2D eigenvalue weighted by atomic mass is 35.5. The molecule has 0 bridgehead atoms.